The van der Waals surface area contributed by atoms with E-state index < -0.39 is 0 Å². The lowest BCUT2D eigenvalue weighted by molar-refractivity contribution is 0.0789. The van der Waals surface area contributed by atoms with Crippen LogP contribution in [0.1, 0.15) is 22.0 Å². The molecule has 7 heteroatoms. The van der Waals surface area contributed by atoms with Gasteiger partial charge >= 0.3 is 0 Å². The van der Waals surface area contributed by atoms with Crippen molar-refractivity contribution in [2.75, 3.05) is 13.1 Å². The van der Waals surface area contributed by atoms with E-state index in [1.165, 1.54) is 0 Å². The maximum absolute atomic E-state index is 12.8. The van der Waals surface area contributed by atoms with Crippen molar-refractivity contribution in [3.8, 4) is 5.69 Å². The van der Waals surface area contributed by atoms with Crippen LogP contribution in [0.5, 0.6) is 0 Å². The fourth-order valence-corrected chi connectivity index (χ4v) is 3.30. The third-order valence-electron chi connectivity index (χ3n) is 4.67. The van der Waals surface area contributed by atoms with Crippen molar-refractivity contribution in [1.29, 1.82) is 0 Å². The SMILES string of the molecule is Cn1cnc([C@@H]2CN(C(=O)c3ccc(-n4ccnc4)cc3)C[C@H]2N)c1. The van der Waals surface area contributed by atoms with Gasteiger partial charge in [-0.25, -0.2) is 9.97 Å². The summed E-state index contributed by atoms with van der Waals surface area (Å²) in [7, 11) is 1.93. The van der Waals surface area contributed by atoms with Crippen molar-refractivity contribution >= 4 is 5.91 Å². The van der Waals surface area contributed by atoms with Gasteiger partial charge in [0.05, 0.1) is 18.3 Å². The molecule has 0 aliphatic carbocycles. The van der Waals surface area contributed by atoms with Crippen LogP contribution in [-0.2, 0) is 7.05 Å². The van der Waals surface area contributed by atoms with Gasteiger partial charge in [-0.05, 0) is 24.3 Å². The molecule has 0 spiro atoms. The van der Waals surface area contributed by atoms with Crippen LogP contribution in [0.2, 0.25) is 0 Å². The minimum Gasteiger partial charge on any atom is -0.340 e. The number of carbonyl (C=O) groups is 1. The third kappa shape index (κ3) is 2.94. The summed E-state index contributed by atoms with van der Waals surface area (Å²) in [6.07, 6.45) is 9.06. The van der Waals surface area contributed by atoms with Gasteiger partial charge in [0.2, 0.25) is 0 Å². The lowest BCUT2D eigenvalue weighted by Crippen LogP contribution is -2.32. The average molecular weight is 336 g/mol. The van der Waals surface area contributed by atoms with Crippen molar-refractivity contribution in [3.63, 3.8) is 0 Å². The second-order valence-electron chi connectivity index (χ2n) is 6.46. The molecule has 1 aromatic carbocycles. The standard InChI is InChI=1S/C18H20N6O/c1-22-10-17(21-12-22)15-8-24(9-16(15)19)18(25)13-2-4-14(5-3-13)23-7-6-20-11-23/h2-7,10-12,15-16H,8-9,19H2,1H3/t15-,16-/m1/s1. The highest BCUT2D eigenvalue weighted by Gasteiger charge is 2.35. The number of benzene rings is 1. The van der Waals surface area contributed by atoms with Crippen molar-refractivity contribution in [2.45, 2.75) is 12.0 Å². The zero-order valence-corrected chi connectivity index (χ0v) is 14.0. The molecule has 3 heterocycles. The van der Waals surface area contributed by atoms with Gasteiger partial charge in [0, 0.05) is 61.9 Å². The lowest BCUT2D eigenvalue weighted by Gasteiger charge is -2.16. The maximum Gasteiger partial charge on any atom is 0.253 e. The molecule has 1 aliphatic rings. The number of likely N-dealkylation sites (tertiary alicyclic amines) is 1. The number of aromatic nitrogens is 4. The Bertz CT molecular complexity index is 867. The molecule has 0 radical (unpaired) electrons. The zero-order chi connectivity index (χ0) is 17.4. The van der Waals surface area contributed by atoms with E-state index in [4.69, 9.17) is 5.73 Å². The van der Waals surface area contributed by atoms with E-state index in [-0.39, 0.29) is 17.9 Å². The summed E-state index contributed by atoms with van der Waals surface area (Å²) in [6, 6.07) is 7.43. The minimum absolute atomic E-state index is 0.00561. The number of nitrogens with zero attached hydrogens (tertiary/aromatic N) is 5. The molecule has 2 aromatic heterocycles. The van der Waals surface area contributed by atoms with E-state index in [1.807, 2.05) is 57.7 Å². The second kappa shape index (κ2) is 6.18. The van der Waals surface area contributed by atoms with Crippen LogP contribution < -0.4 is 5.73 Å². The van der Waals surface area contributed by atoms with Crippen LogP contribution in [-0.4, -0.2) is 49.0 Å². The quantitative estimate of drug-likeness (QED) is 0.778. The Morgan fingerprint density at radius 2 is 2.00 bits per heavy atom. The minimum atomic E-state index is -0.0935. The van der Waals surface area contributed by atoms with E-state index in [2.05, 4.69) is 9.97 Å². The molecule has 1 aliphatic heterocycles. The monoisotopic (exact) mass is 336 g/mol. The van der Waals surface area contributed by atoms with Crippen molar-refractivity contribution in [1.82, 2.24) is 24.0 Å². The molecule has 1 fully saturated rings. The number of carbonyl (C=O) groups excluding carboxylic acids is 1. The molecule has 7 nitrogen and oxygen atoms in total. The second-order valence-corrected chi connectivity index (χ2v) is 6.46. The molecule has 0 bridgehead atoms. The number of nitrogens with two attached hydrogens (primary N) is 1. The summed E-state index contributed by atoms with van der Waals surface area (Å²) in [5.41, 5.74) is 8.84. The van der Waals surface area contributed by atoms with Crippen LogP contribution in [0.4, 0.5) is 0 Å². The van der Waals surface area contributed by atoms with E-state index in [0.29, 0.717) is 18.7 Å². The number of hydrogen-bond donors (Lipinski definition) is 1. The fourth-order valence-electron chi connectivity index (χ4n) is 3.30. The summed E-state index contributed by atoms with van der Waals surface area (Å²) in [4.78, 5) is 23.0. The van der Waals surface area contributed by atoms with Gasteiger partial charge < -0.3 is 19.8 Å². The van der Waals surface area contributed by atoms with Gasteiger partial charge in [-0.1, -0.05) is 0 Å². The van der Waals surface area contributed by atoms with Gasteiger partial charge in [0.25, 0.3) is 5.91 Å². The van der Waals surface area contributed by atoms with E-state index >= 15 is 0 Å². The van der Waals surface area contributed by atoms with E-state index in [0.717, 1.165) is 11.4 Å². The molecule has 128 valence electrons. The first-order valence-electron chi connectivity index (χ1n) is 8.23. The third-order valence-corrected chi connectivity index (χ3v) is 4.67. The smallest absolute Gasteiger partial charge is 0.253 e. The molecular formula is C18H20N6O. The normalized spacial score (nSPS) is 20.2. The number of aryl methyl sites for hydroxylation is 1. The van der Waals surface area contributed by atoms with E-state index in [1.54, 1.807) is 18.9 Å². The van der Waals surface area contributed by atoms with Gasteiger partial charge in [0.15, 0.2) is 0 Å². The molecule has 1 amide bonds. The number of imidazole rings is 2. The Hall–Kier alpha value is -2.93. The number of hydrogen-bond acceptors (Lipinski definition) is 4. The molecule has 0 unspecified atom stereocenters. The molecule has 4 rings (SSSR count). The van der Waals surface area contributed by atoms with Crippen LogP contribution >= 0.6 is 0 Å². The Labute approximate surface area is 145 Å². The summed E-state index contributed by atoms with van der Waals surface area (Å²) < 4.78 is 3.80. The van der Waals surface area contributed by atoms with Gasteiger partial charge in [-0.2, -0.15) is 0 Å². The molecule has 1 saturated heterocycles. The molecule has 3 aromatic rings. The maximum atomic E-state index is 12.8. The average Bonchev–Trinajstić information content (AvgIpc) is 3.35. The van der Waals surface area contributed by atoms with E-state index in [9.17, 15) is 4.79 Å². The predicted molar refractivity (Wildman–Crippen MR) is 93.4 cm³/mol. The van der Waals surface area contributed by atoms with Crippen LogP contribution in [0.25, 0.3) is 5.69 Å². The molecule has 25 heavy (non-hydrogen) atoms. The van der Waals surface area contributed by atoms with Gasteiger partial charge in [-0.3, -0.25) is 4.79 Å². The highest BCUT2D eigenvalue weighted by Crippen LogP contribution is 2.26. The summed E-state index contributed by atoms with van der Waals surface area (Å²) >= 11 is 0. The number of rotatable bonds is 3. The van der Waals surface area contributed by atoms with Crippen molar-refractivity contribution in [3.05, 3.63) is 66.8 Å². The first-order valence-corrected chi connectivity index (χ1v) is 8.23. The predicted octanol–water partition coefficient (Wildman–Crippen LogP) is 1.17. The molecule has 2 atom stereocenters. The van der Waals surface area contributed by atoms with Crippen LogP contribution in [0.3, 0.4) is 0 Å². The highest BCUT2D eigenvalue weighted by atomic mass is 16.2. The van der Waals surface area contributed by atoms with Crippen LogP contribution in [0, 0.1) is 0 Å². The Morgan fingerprint density at radius 1 is 1.20 bits per heavy atom. The van der Waals surface area contributed by atoms with Crippen molar-refractivity contribution < 1.29 is 4.79 Å². The van der Waals surface area contributed by atoms with Crippen molar-refractivity contribution in [2.24, 2.45) is 12.8 Å². The zero-order valence-electron chi connectivity index (χ0n) is 14.0. The first-order chi connectivity index (χ1) is 12.1. The topological polar surface area (TPSA) is 82.0 Å². The molecule has 2 N–H and O–H groups in total. The molecular weight excluding hydrogens is 316 g/mol. The Balaban J connectivity index is 1.49. The molecule has 0 saturated carbocycles. The summed E-state index contributed by atoms with van der Waals surface area (Å²) in [5.74, 6) is 0.0847. The summed E-state index contributed by atoms with van der Waals surface area (Å²) in [6.45, 7) is 1.14. The lowest BCUT2D eigenvalue weighted by atomic mass is 10.0. The van der Waals surface area contributed by atoms with Gasteiger partial charge in [0.1, 0.15) is 0 Å². The Morgan fingerprint density at radius 3 is 2.64 bits per heavy atom. The first kappa shape index (κ1) is 15.6. The number of amides is 1. The van der Waals surface area contributed by atoms with Gasteiger partial charge in [-0.15, -0.1) is 0 Å². The fraction of sp³-hybridized carbons (Fsp3) is 0.278. The summed E-state index contributed by atoms with van der Waals surface area (Å²) in [5, 5.41) is 0. The largest absolute Gasteiger partial charge is 0.340 e. The van der Waals surface area contributed by atoms with Crippen LogP contribution in [0.15, 0.2) is 55.5 Å². The Kier molecular flexibility index (Phi) is 3.85. The highest BCUT2D eigenvalue weighted by molar-refractivity contribution is 5.94.